The zero-order valence-corrected chi connectivity index (χ0v) is 15.8. The Kier molecular flexibility index (Phi) is 6.45. The minimum Gasteiger partial charge on any atom is -0.331 e. The van der Waals surface area contributed by atoms with Crippen molar-refractivity contribution >= 4 is 40.7 Å². The van der Waals surface area contributed by atoms with Gasteiger partial charge in [0.1, 0.15) is 5.69 Å². The molecule has 0 aliphatic carbocycles. The molecule has 0 fully saturated rings. The summed E-state index contributed by atoms with van der Waals surface area (Å²) in [6.45, 7) is 4.06. The topological polar surface area (TPSA) is 78.1 Å². The van der Waals surface area contributed by atoms with E-state index in [2.05, 4.69) is 29.4 Å². The van der Waals surface area contributed by atoms with Crippen molar-refractivity contribution in [2.24, 2.45) is 5.92 Å². The Bertz CT molecular complexity index is 774. The first-order valence-corrected chi connectivity index (χ1v) is 8.56. The van der Waals surface area contributed by atoms with E-state index < -0.39 is 0 Å². The molecule has 25 heavy (non-hydrogen) atoms. The zero-order valence-electron chi connectivity index (χ0n) is 14.3. The molecule has 1 aromatic heterocycles. The predicted octanol–water partition coefficient (Wildman–Crippen LogP) is 3.63. The fourth-order valence-corrected chi connectivity index (χ4v) is 2.57. The first-order chi connectivity index (χ1) is 11.8. The summed E-state index contributed by atoms with van der Waals surface area (Å²) in [5.41, 5.74) is 1.70. The number of carbonyl (C=O) groups excluding carboxylic acids is 2. The Hall–Kier alpha value is -2.05. The van der Waals surface area contributed by atoms with Crippen molar-refractivity contribution in [3.63, 3.8) is 0 Å². The highest BCUT2D eigenvalue weighted by atomic mass is 35.5. The minimum absolute atomic E-state index is 0.106. The number of aromatic nitrogens is 2. The standard InChI is InChI=1S/C17H20Cl2N4O2/c1-10(2)6-12-8-15(22-21-12)17(25)23(3)9-16(24)20-11-4-5-13(18)14(19)7-11/h4-5,7-8,10H,6,9H2,1-3H3,(H,20,24)(H,21,22). The number of H-pyrrole nitrogens is 1. The first-order valence-electron chi connectivity index (χ1n) is 7.81. The van der Waals surface area contributed by atoms with Crippen LogP contribution in [-0.2, 0) is 11.2 Å². The number of nitrogens with one attached hydrogen (secondary N) is 2. The Morgan fingerprint density at radius 2 is 1.96 bits per heavy atom. The van der Waals surface area contributed by atoms with Crippen molar-refractivity contribution < 1.29 is 9.59 Å². The van der Waals surface area contributed by atoms with Crippen molar-refractivity contribution in [1.82, 2.24) is 15.1 Å². The molecule has 134 valence electrons. The fraction of sp³-hybridized carbons (Fsp3) is 0.353. The lowest BCUT2D eigenvalue weighted by molar-refractivity contribution is -0.116. The normalized spacial score (nSPS) is 10.8. The summed E-state index contributed by atoms with van der Waals surface area (Å²) < 4.78 is 0. The van der Waals surface area contributed by atoms with E-state index in [0.29, 0.717) is 27.3 Å². The maximum Gasteiger partial charge on any atom is 0.274 e. The molecule has 2 amide bonds. The van der Waals surface area contributed by atoms with E-state index in [1.165, 1.54) is 4.90 Å². The van der Waals surface area contributed by atoms with Gasteiger partial charge in [-0.15, -0.1) is 0 Å². The molecule has 0 spiro atoms. The Morgan fingerprint density at radius 1 is 1.24 bits per heavy atom. The lowest BCUT2D eigenvalue weighted by atomic mass is 10.1. The van der Waals surface area contributed by atoms with E-state index in [1.54, 1.807) is 31.3 Å². The highest BCUT2D eigenvalue weighted by Crippen LogP contribution is 2.24. The van der Waals surface area contributed by atoms with Crippen molar-refractivity contribution in [3.05, 3.63) is 45.7 Å². The molecule has 1 aromatic carbocycles. The molecule has 0 aliphatic heterocycles. The van der Waals surface area contributed by atoms with Crippen molar-refractivity contribution in [2.75, 3.05) is 18.9 Å². The van der Waals surface area contributed by atoms with Gasteiger partial charge in [0.25, 0.3) is 5.91 Å². The van der Waals surface area contributed by atoms with Crippen LogP contribution >= 0.6 is 23.2 Å². The van der Waals surface area contributed by atoms with Crippen LogP contribution in [0.25, 0.3) is 0 Å². The molecular weight excluding hydrogens is 363 g/mol. The molecule has 0 saturated carbocycles. The number of carbonyl (C=O) groups is 2. The summed E-state index contributed by atoms with van der Waals surface area (Å²) in [7, 11) is 1.55. The van der Waals surface area contributed by atoms with Crippen molar-refractivity contribution in [3.8, 4) is 0 Å². The number of likely N-dealkylation sites (N-methyl/N-ethyl adjacent to an activating group) is 1. The second-order valence-electron chi connectivity index (χ2n) is 6.21. The predicted molar refractivity (Wildman–Crippen MR) is 99.2 cm³/mol. The van der Waals surface area contributed by atoms with Crippen LogP contribution in [0, 0.1) is 5.92 Å². The average Bonchev–Trinajstić information content (AvgIpc) is 2.97. The smallest absolute Gasteiger partial charge is 0.274 e. The van der Waals surface area contributed by atoms with Gasteiger partial charge < -0.3 is 10.2 Å². The van der Waals surface area contributed by atoms with Crippen LogP contribution in [0.1, 0.15) is 30.0 Å². The van der Waals surface area contributed by atoms with Gasteiger partial charge in [0.15, 0.2) is 0 Å². The Labute approximate surface area is 156 Å². The van der Waals surface area contributed by atoms with Gasteiger partial charge in [-0.05, 0) is 36.6 Å². The molecule has 2 aromatic rings. The molecule has 0 unspecified atom stereocenters. The van der Waals surface area contributed by atoms with E-state index >= 15 is 0 Å². The number of aromatic amines is 1. The number of halogens is 2. The van der Waals surface area contributed by atoms with Crippen molar-refractivity contribution in [2.45, 2.75) is 20.3 Å². The summed E-state index contributed by atoms with van der Waals surface area (Å²) in [5.74, 6) is -0.208. The largest absolute Gasteiger partial charge is 0.331 e. The maximum absolute atomic E-state index is 12.4. The Balaban J connectivity index is 1.94. The van der Waals surface area contributed by atoms with E-state index in [0.717, 1.165) is 12.1 Å². The van der Waals surface area contributed by atoms with Gasteiger partial charge in [-0.25, -0.2) is 0 Å². The number of hydrogen-bond donors (Lipinski definition) is 2. The molecule has 0 bridgehead atoms. The van der Waals surface area contributed by atoms with E-state index in [1.807, 2.05) is 0 Å². The number of benzene rings is 1. The third kappa shape index (κ3) is 5.47. The molecule has 0 aliphatic rings. The van der Waals surface area contributed by atoms with Gasteiger partial charge in [0, 0.05) is 18.4 Å². The molecule has 0 radical (unpaired) electrons. The lowest BCUT2D eigenvalue weighted by Gasteiger charge is -2.15. The molecule has 0 atom stereocenters. The van der Waals surface area contributed by atoms with Crippen LogP contribution < -0.4 is 5.32 Å². The fourth-order valence-electron chi connectivity index (χ4n) is 2.27. The molecular formula is C17H20Cl2N4O2. The summed E-state index contributed by atoms with van der Waals surface area (Å²) in [4.78, 5) is 25.8. The highest BCUT2D eigenvalue weighted by Gasteiger charge is 2.18. The SMILES string of the molecule is CC(C)Cc1cc(C(=O)N(C)CC(=O)Nc2ccc(Cl)c(Cl)c2)n[nH]1. The van der Waals surface area contributed by atoms with Crippen molar-refractivity contribution in [1.29, 1.82) is 0 Å². The third-order valence-corrected chi connectivity index (χ3v) is 4.15. The third-order valence-electron chi connectivity index (χ3n) is 3.41. The number of hydrogen-bond acceptors (Lipinski definition) is 3. The van der Waals surface area contributed by atoms with Gasteiger partial charge in [-0.1, -0.05) is 37.0 Å². The summed E-state index contributed by atoms with van der Waals surface area (Å²) in [5, 5.41) is 10.3. The summed E-state index contributed by atoms with van der Waals surface area (Å²) in [6.07, 6.45) is 0.807. The first kappa shape index (κ1) is 19.3. The van der Waals surface area contributed by atoms with Gasteiger partial charge >= 0.3 is 0 Å². The second-order valence-corrected chi connectivity index (χ2v) is 7.03. The molecule has 0 saturated heterocycles. The minimum atomic E-state index is -0.341. The number of nitrogens with zero attached hydrogens (tertiary/aromatic N) is 2. The van der Waals surface area contributed by atoms with Crippen LogP contribution in [0.4, 0.5) is 5.69 Å². The summed E-state index contributed by atoms with van der Waals surface area (Å²) in [6, 6.07) is 6.50. The Morgan fingerprint density at radius 3 is 2.60 bits per heavy atom. The zero-order chi connectivity index (χ0) is 18.6. The average molecular weight is 383 g/mol. The van der Waals surface area contributed by atoms with Crippen LogP contribution in [0.3, 0.4) is 0 Å². The van der Waals surface area contributed by atoms with E-state index in [9.17, 15) is 9.59 Å². The maximum atomic E-state index is 12.4. The number of anilines is 1. The molecule has 2 N–H and O–H groups in total. The molecule has 1 heterocycles. The monoisotopic (exact) mass is 382 g/mol. The highest BCUT2D eigenvalue weighted by molar-refractivity contribution is 6.42. The quantitative estimate of drug-likeness (QED) is 0.800. The van der Waals surface area contributed by atoms with Crippen LogP contribution in [0.5, 0.6) is 0 Å². The van der Waals surface area contributed by atoms with E-state index in [-0.39, 0.29) is 18.4 Å². The van der Waals surface area contributed by atoms with Crippen LogP contribution in [0.2, 0.25) is 10.0 Å². The lowest BCUT2D eigenvalue weighted by Crippen LogP contribution is -2.35. The van der Waals surface area contributed by atoms with Gasteiger partial charge in [0.2, 0.25) is 5.91 Å². The summed E-state index contributed by atoms with van der Waals surface area (Å²) >= 11 is 11.7. The number of amides is 2. The molecule has 6 nitrogen and oxygen atoms in total. The second kappa shape index (κ2) is 8.36. The van der Waals surface area contributed by atoms with Crippen LogP contribution in [0.15, 0.2) is 24.3 Å². The van der Waals surface area contributed by atoms with Gasteiger partial charge in [0.05, 0.1) is 16.6 Å². The van der Waals surface area contributed by atoms with Crippen LogP contribution in [-0.4, -0.2) is 40.5 Å². The molecule has 8 heteroatoms. The number of rotatable bonds is 6. The van der Waals surface area contributed by atoms with Gasteiger partial charge in [-0.3, -0.25) is 14.7 Å². The molecule has 2 rings (SSSR count). The van der Waals surface area contributed by atoms with Gasteiger partial charge in [-0.2, -0.15) is 5.10 Å². The van der Waals surface area contributed by atoms with E-state index in [4.69, 9.17) is 23.2 Å².